The molecule has 0 bridgehead atoms. The third-order valence-electron chi connectivity index (χ3n) is 0.744. The van der Waals surface area contributed by atoms with Crippen molar-refractivity contribution in [3.05, 3.63) is 11.6 Å². The fourth-order valence-electron chi connectivity index (χ4n) is 0.399. The molecule has 31 valence electrons. The van der Waals surface area contributed by atoms with Crippen molar-refractivity contribution in [2.45, 2.75) is 11.3 Å². The predicted molar refractivity (Wildman–Crippen MR) is 29.3 cm³/mol. The number of hydrogen-bond donors (Lipinski definition) is 0. The summed E-state index contributed by atoms with van der Waals surface area (Å²) in [6.45, 7) is 2.13. The molecule has 0 N–H and O–H groups in total. The predicted octanol–water partition coefficient (Wildman–Crippen LogP) is 0.748. The van der Waals surface area contributed by atoms with Gasteiger partial charge in [0.1, 0.15) is 0 Å². The van der Waals surface area contributed by atoms with E-state index < -0.39 is 0 Å². The van der Waals surface area contributed by atoms with Crippen molar-refractivity contribution < 1.29 is 0 Å². The van der Waals surface area contributed by atoms with E-state index >= 15 is 0 Å². The summed E-state index contributed by atoms with van der Waals surface area (Å²) in [5.74, 6) is 0. The number of allylic oxidation sites excluding steroid dienone is 2. The Morgan fingerprint density at radius 1 is 2.00 bits per heavy atom. The molecular formula is C5H6Sb. The van der Waals surface area contributed by atoms with Crippen LogP contribution in [0.2, 0.25) is 4.37 Å². The Kier molecular flexibility index (Phi) is 1.47. The Morgan fingerprint density at radius 3 is 3.00 bits per heavy atom. The molecule has 0 fully saturated rings. The van der Waals surface area contributed by atoms with Gasteiger partial charge in [0.15, 0.2) is 0 Å². The molecule has 1 aliphatic heterocycles. The van der Waals surface area contributed by atoms with Gasteiger partial charge in [-0.15, -0.1) is 0 Å². The standard InChI is InChI=1S/C5H6.Sb/c1-4-5(2)3;/h4H,1H2,2H3;. The Bertz CT molecular complexity index is 97.8. The normalized spacial score (nSPS) is 18.5. The van der Waals surface area contributed by atoms with Gasteiger partial charge in [-0.2, -0.15) is 0 Å². The van der Waals surface area contributed by atoms with E-state index in [-0.39, 0.29) is 21.1 Å². The van der Waals surface area contributed by atoms with Crippen LogP contribution in [0.1, 0.15) is 6.92 Å². The van der Waals surface area contributed by atoms with E-state index in [0.29, 0.717) is 0 Å². The molecule has 0 aromatic carbocycles. The van der Waals surface area contributed by atoms with E-state index in [1.54, 1.807) is 0 Å². The molecule has 1 rings (SSSR count). The SMILES string of the molecule is CC1=C[CH2][Sb]=[C]1. The minimum atomic E-state index is 0.0738. The maximum atomic E-state index is 3.33. The first kappa shape index (κ1) is 4.58. The van der Waals surface area contributed by atoms with Crippen LogP contribution in [-0.2, 0) is 0 Å². The zero-order valence-corrected chi connectivity index (χ0v) is 6.28. The van der Waals surface area contributed by atoms with Crippen molar-refractivity contribution in [3.8, 4) is 0 Å². The fourth-order valence-corrected chi connectivity index (χ4v) is 2.67. The molecule has 1 heterocycles. The Labute approximate surface area is 48.3 Å². The van der Waals surface area contributed by atoms with Crippen molar-refractivity contribution in [2.24, 2.45) is 0 Å². The van der Waals surface area contributed by atoms with Crippen molar-refractivity contribution in [1.29, 1.82) is 0 Å². The van der Waals surface area contributed by atoms with Gasteiger partial charge in [-0.25, -0.2) is 0 Å². The zero-order chi connectivity index (χ0) is 4.41. The van der Waals surface area contributed by atoms with Gasteiger partial charge in [-0.1, -0.05) is 0 Å². The summed E-state index contributed by atoms with van der Waals surface area (Å²) in [7, 11) is 0. The molecule has 0 aromatic rings. The van der Waals surface area contributed by atoms with E-state index in [1.807, 2.05) is 0 Å². The van der Waals surface area contributed by atoms with Crippen molar-refractivity contribution >= 4 is 25.1 Å². The van der Waals surface area contributed by atoms with Crippen LogP contribution in [0.15, 0.2) is 11.6 Å². The first-order valence-corrected chi connectivity index (χ1v) is 5.07. The molecule has 1 radical (unpaired) electrons. The molecule has 0 spiro atoms. The summed E-state index contributed by atoms with van der Waals surface area (Å²) in [4.78, 5) is 0. The summed E-state index contributed by atoms with van der Waals surface area (Å²) >= 11 is 0.0738. The minimum absolute atomic E-state index is 0.0738. The number of hydrogen-bond acceptors (Lipinski definition) is 0. The first-order chi connectivity index (χ1) is 2.89. The van der Waals surface area contributed by atoms with Gasteiger partial charge in [-0.3, -0.25) is 0 Å². The van der Waals surface area contributed by atoms with E-state index in [1.165, 1.54) is 9.94 Å². The zero-order valence-electron chi connectivity index (χ0n) is 3.73. The summed E-state index contributed by atoms with van der Waals surface area (Å²) in [6, 6.07) is 0. The molecule has 0 saturated carbocycles. The Morgan fingerprint density at radius 2 is 2.83 bits per heavy atom. The second-order valence-corrected chi connectivity index (χ2v) is 3.92. The molecule has 0 aliphatic carbocycles. The van der Waals surface area contributed by atoms with Crippen LogP contribution < -0.4 is 0 Å². The van der Waals surface area contributed by atoms with Crippen molar-refractivity contribution in [1.82, 2.24) is 0 Å². The van der Waals surface area contributed by atoms with Gasteiger partial charge >= 0.3 is 48.0 Å². The Balaban J connectivity index is 2.68. The maximum absolute atomic E-state index is 3.33. The van der Waals surface area contributed by atoms with Gasteiger partial charge in [0.2, 0.25) is 0 Å². The van der Waals surface area contributed by atoms with Crippen LogP contribution in [0.5, 0.6) is 0 Å². The van der Waals surface area contributed by atoms with Gasteiger partial charge in [0.25, 0.3) is 0 Å². The molecule has 0 atom stereocenters. The van der Waals surface area contributed by atoms with E-state index in [4.69, 9.17) is 0 Å². The van der Waals surface area contributed by atoms with Crippen LogP contribution in [0, 0.1) is 0 Å². The molecule has 0 aromatic heterocycles. The third kappa shape index (κ3) is 0.943. The third-order valence-corrected chi connectivity index (χ3v) is 3.24. The van der Waals surface area contributed by atoms with Crippen molar-refractivity contribution in [2.75, 3.05) is 0 Å². The first-order valence-electron chi connectivity index (χ1n) is 1.99. The molecule has 0 unspecified atom stereocenters. The van der Waals surface area contributed by atoms with E-state index in [0.717, 1.165) is 0 Å². The average Bonchev–Trinajstić information content (AvgIpc) is 1.86. The topological polar surface area (TPSA) is 0 Å². The van der Waals surface area contributed by atoms with Gasteiger partial charge in [0, 0.05) is 0 Å². The second-order valence-electron chi connectivity index (χ2n) is 1.34. The van der Waals surface area contributed by atoms with E-state index in [2.05, 4.69) is 17.0 Å². The quantitative estimate of drug-likeness (QED) is 0.492. The molecule has 1 heteroatoms. The number of rotatable bonds is 0. The molecule has 0 nitrogen and oxygen atoms in total. The van der Waals surface area contributed by atoms with Gasteiger partial charge < -0.3 is 0 Å². The van der Waals surface area contributed by atoms with Crippen LogP contribution in [0.4, 0.5) is 0 Å². The molecule has 6 heavy (non-hydrogen) atoms. The second kappa shape index (κ2) is 1.93. The summed E-state index contributed by atoms with van der Waals surface area (Å²) in [6.07, 6.45) is 2.28. The van der Waals surface area contributed by atoms with Crippen molar-refractivity contribution in [3.63, 3.8) is 0 Å². The summed E-state index contributed by atoms with van der Waals surface area (Å²) in [5.41, 5.74) is 1.40. The molecular weight excluding hydrogens is 182 g/mol. The van der Waals surface area contributed by atoms with Crippen LogP contribution in [0.25, 0.3) is 0 Å². The fraction of sp³-hybridized carbons (Fsp3) is 0.400. The van der Waals surface area contributed by atoms with Gasteiger partial charge in [0.05, 0.1) is 0 Å². The molecule has 0 saturated heterocycles. The molecule has 0 amide bonds. The van der Waals surface area contributed by atoms with E-state index in [9.17, 15) is 0 Å². The van der Waals surface area contributed by atoms with Crippen LogP contribution in [-0.4, -0.2) is 25.1 Å². The molecule has 1 aliphatic rings. The Hall–Kier alpha value is 0.428. The van der Waals surface area contributed by atoms with Crippen LogP contribution >= 0.6 is 0 Å². The van der Waals surface area contributed by atoms with Gasteiger partial charge in [-0.05, 0) is 0 Å². The average molecular weight is 188 g/mol. The summed E-state index contributed by atoms with van der Waals surface area (Å²) in [5, 5.41) is 0. The monoisotopic (exact) mass is 187 g/mol. The van der Waals surface area contributed by atoms with Crippen LogP contribution in [0.3, 0.4) is 0 Å². The summed E-state index contributed by atoms with van der Waals surface area (Å²) < 4.78 is 4.69.